The second kappa shape index (κ2) is 4.18. The van der Waals surface area contributed by atoms with Crippen LogP contribution in [0.5, 0.6) is 0 Å². The zero-order valence-corrected chi connectivity index (χ0v) is 8.13. The monoisotopic (exact) mass is 200 g/mol. The number of nitrogens with zero attached hydrogens (tertiary/aromatic N) is 2. The predicted molar refractivity (Wildman–Crippen MR) is 47.7 cm³/mol. The molecule has 1 aromatic heterocycles. The Morgan fingerprint density at radius 2 is 2.31 bits per heavy atom. The molecule has 13 heavy (non-hydrogen) atoms. The van der Waals surface area contributed by atoms with Crippen LogP contribution in [0.3, 0.4) is 0 Å². The zero-order chi connectivity index (χ0) is 9.84. The Balaban J connectivity index is 2.99. The number of aromatic nitrogens is 2. The van der Waals surface area contributed by atoms with Crippen LogP contribution in [-0.2, 0) is 4.74 Å². The first-order chi connectivity index (χ1) is 6.15. The molecule has 1 aromatic rings. The van der Waals surface area contributed by atoms with Gasteiger partial charge in [0.15, 0.2) is 5.15 Å². The van der Waals surface area contributed by atoms with Crippen LogP contribution in [-0.4, -0.2) is 22.8 Å². The van der Waals surface area contributed by atoms with Gasteiger partial charge in [0, 0.05) is 0 Å². The molecular weight excluding hydrogens is 192 g/mol. The minimum atomic E-state index is -0.467. The number of carbonyl (C=O) groups excluding carboxylic acids is 1. The van der Waals surface area contributed by atoms with Crippen LogP contribution in [0.25, 0.3) is 0 Å². The highest BCUT2D eigenvalue weighted by atomic mass is 35.5. The van der Waals surface area contributed by atoms with Gasteiger partial charge in [-0.1, -0.05) is 11.6 Å². The van der Waals surface area contributed by atoms with Gasteiger partial charge in [-0.25, -0.2) is 4.79 Å². The average Bonchev–Trinajstić information content (AvgIpc) is 2.09. The first-order valence-corrected chi connectivity index (χ1v) is 4.20. The van der Waals surface area contributed by atoms with Crippen molar-refractivity contribution in [1.29, 1.82) is 0 Å². The second-order valence-electron chi connectivity index (χ2n) is 2.41. The van der Waals surface area contributed by atoms with E-state index in [2.05, 4.69) is 10.2 Å². The van der Waals surface area contributed by atoms with E-state index >= 15 is 0 Å². The SMILES string of the molecule is CCOC(=O)c1cc(C)nnc1Cl. The summed E-state index contributed by atoms with van der Waals surface area (Å²) < 4.78 is 4.77. The standard InChI is InChI=1S/C8H9ClN2O2/c1-3-13-8(12)6-4-5(2)10-11-7(6)9/h4H,3H2,1-2H3. The fourth-order valence-corrected chi connectivity index (χ4v) is 0.995. The third kappa shape index (κ3) is 2.39. The van der Waals surface area contributed by atoms with Crippen molar-refractivity contribution in [2.45, 2.75) is 13.8 Å². The Bertz CT molecular complexity index is 328. The normalized spacial score (nSPS) is 9.77. The molecule has 0 aliphatic heterocycles. The van der Waals surface area contributed by atoms with Crippen molar-refractivity contribution < 1.29 is 9.53 Å². The van der Waals surface area contributed by atoms with Crippen LogP contribution in [0.2, 0.25) is 5.15 Å². The minimum Gasteiger partial charge on any atom is -0.462 e. The molecule has 0 aromatic carbocycles. The van der Waals surface area contributed by atoms with Crippen LogP contribution in [0.15, 0.2) is 6.07 Å². The Hall–Kier alpha value is -1.16. The van der Waals surface area contributed by atoms with Gasteiger partial charge in [-0.15, -0.1) is 5.10 Å². The van der Waals surface area contributed by atoms with E-state index in [1.54, 1.807) is 19.9 Å². The van der Waals surface area contributed by atoms with Crippen molar-refractivity contribution in [1.82, 2.24) is 10.2 Å². The van der Waals surface area contributed by atoms with Gasteiger partial charge < -0.3 is 4.74 Å². The molecule has 0 N–H and O–H groups in total. The van der Waals surface area contributed by atoms with E-state index in [0.717, 1.165) is 0 Å². The molecule has 0 unspecified atom stereocenters. The molecule has 4 nitrogen and oxygen atoms in total. The third-order valence-electron chi connectivity index (χ3n) is 1.37. The number of aryl methyl sites for hydroxylation is 1. The van der Waals surface area contributed by atoms with Crippen LogP contribution in [0.1, 0.15) is 23.0 Å². The maximum atomic E-state index is 11.2. The molecular formula is C8H9ClN2O2. The molecule has 1 rings (SSSR count). The van der Waals surface area contributed by atoms with E-state index in [9.17, 15) is 4.79 Å². The Morgan fingerprint density at radius 1 is 1.62 bits per heavy atom. The maximum Gasteiger partial charge on any atom is 0.341 e. The van der Waals surface area contributed by atoms with E-state index in [-0.39, 0.29) is 10.7 Å². The van der Waals surface area contributed by atoms with E-state index in [1.807, 2.05) is 0 Å². The third-order valence-corrected chi connectivity index (χ3v) is 1.65. The van der Waals surface area contributed by atoms with E-state index in [0.29, 0.717) is 12.3 Å². The smallest absolute Gasteiger partial charge is 0.341 e. The molecule has 0 saturated carbocycles. The summed E-state index contributed by atoms with van der Waals surface area (Å²) in [6, 6.07) is 1.55. The average molecular weight is 201 g/mol. The highest BCUT2D eigenvalue weighted by Crippen LogP contribution is 2.13. The molecule has 0 atom stereocenters. The van der Waals surface area contributed by atoms with E-state index in [1.165, 1.54) is 0 Å². The lowest BCUT2D eigenvalue weighted by Crippen LogP contribution is -2.07. The number of hydrogen-bond acceptors (Lipinski definition) is 4. The topological polar surface area (TPSA) is 52.1 Å². The lowest BCUT2D eigenvalue weighted by atomic mass is 10.3. The molecule has 70 valence electrons. The summed E-state index contributed by atoms with van der Waals surface area (Å²) in [5.41, 5.74) is 0.892. The summed E-state index contributed by atoms with van der Waals surface area (Å²) in [4.78, 5) is 11.2. The van der Waals surface area contributed by atoms with Gasteiger partial charge in [-0.05, 0) is 19.9 Å². The van der Waals surface area contributed by atoms with Crippen molar-refractivity contribution in [2.75, 3.05) is 6.61 Å². The van der Waals surface area contributed by atoms with Crippen LogP contribution >= 0.6 is 11.6 Å². The Morgan fingerprint density at radius 3 is 2.92 bits per heavy atom. The molecule has 0 aliphatic carbocycles. The summed E-state index contributed by atoms with van der Waals surface area (Å²) in [6.07, 6.45) is 0. The first kappa shape index (κ1) is 9.92. The zero-order valence-electron chi connectivity index (χ0n) is 7.37. The highest BCUT2D eigenvalue weighted by molar-refractivity contribution is 6.32. The quantitative estimate of drug-likeness (QED) is 0.681. The number of esters is 1. The number of hydrogen-bond donors (Lipinski definition) is 0. The largest absolute Gasteiger partial charge is 0.462 e. The fourth-order valence-electron chi connectivity index (χ4n) is 0.826. The van der Waals surface area contributed by atoms with E-state index < -0.39 is 5.97 Å². The summed E-state index contributed by atoms with van der Waals surface area (Å²) in [7, 11) is 0. The van der Waals surface area contributed by atoms with Gasteiger partial charge in [-0.2, -0.15) is 5.10 Å². The van der Waals surface area contributed by atoms with Crippen molar-refractivity contribution in [3.63, 3.8) is 0 Å². The molecule has 5 heteroatoms. The molecule has 0 fully saturated rings. The van der Waals surface area contributed by atoms with Crippen LogP contribution in [0, 0.1) is 6.92 Å². The Labute approximate surface area is 80.9 Å². The molecule has 0 bridgehead atoms. The molecule has 0 spiro atoms. The van der Waals surface area contributed by atoms with Gasteiger partial charge in [0.2, 0.25) is 0 Å². The summed E-state index contributed by atoms with van der Waals surface area (Å²) >= 11 is 5.65. The van der Waals surface area contributed by atoms with Crippen molar-refractivity contribution in [3.05, 3.63) is 22.5 Å². The van der Waals surface area contributed by atoms with Crippen molar-refractivity contribution >= 4 is 17.6 Å². The minimum absolute atomic E-state index is 0.0732. The maximum absolute atomic E-state index is 11.2. The Kier molecular flexibility index (Phi) is 3.19. The summed E-state index contributed by atoms with van der Waals surface area (Å²) in [5.74, 6) is -0.467. The van der Waals surface area contributed by atoms with Gasteiger partial charge in [-0.3, -0.25) is 0 Å². The molecule has 1 heterocycles. The van der Waals surface area contributed by atoms with Gasteiger partial charge in [0.05, 0.1) is 12.3 Å². The summed E-state index contributed by atoms with van der Waals surface area (Å²) in [5, 5.41) is 7.36. The molecule has 0 amide bonds. The van der Waals surface area contributed by atoms with Gasteiger partial charge in [0.25, 0.3) is 0 Å². The van der Waals surface area contributed by atoms with Crippen LogP contribution in [0.4, 0.5) is 0 Å². The lowest BCUT2D eigenvalue weighted by molar-refractivity contribution is 0.0525. The van der Waals surface area contributed by atoms with Crippen molar-refractivity contribution in [3.8, 4) is 0 Å². The molecule has 0 radical (unpaired) electrons. The number of rotatable bonds is 2. The highest BCUT2D eigenvalue weighted by Gasteiger charge is 2.12. The van der Waals surface area contributed by atoms with Gasteiger partial charge >= 0.3 is 5.97 Å². The van der Waals surface area contributed by atoms with Crippen LogP contribution < -0.4 is 0 Å². The van der Waals surface area contributed by atoms with E-state index in [4.69, 9.17) is 16.3 Å². The first-order valence-electron chi connectivity index (χ1n) is 3.82. The lowest BCUT2D eigenvalue weighted by Gasteiger charge is -2.02. The second-order valence-corrected chi connectivity index (χ2v) is 2.77. The molecule has 0 saturated heterocycles. The number of carbonyl (C=O) groups is 1. The van der Waals surface area contributed by atoms with Crippen molar-refractivity contribution in [2.24, 2.45) is 0 Å². The predicted octanol–water partition coefficient (Wildman–Crippen LogP) is 1.62. The number of halogens is 1. The molecule has 0 aliphatic rings. The summed E-state index contributed by atoms with van der Waals surface area (Å²) in [6.45, 7) is 3.77. The fraction of sp³-hybridized carbons (Fsp3) is 0.375. The number of ether oxygens (including phenoxy) is 1. The van der Waals surface area contributed by atoms with Gasteiger partial charge in [0.1, 0.15) is 5.56 Å².